The maximum absolute atomic E-state index is 4.51. The average molecular weight is 364 g/mol. The highest BCUT2D eigenvalue weighted by atomic mass is 15.4. The van der Waals surface area contributed by atoms with E-state index in [9.17, 15) is 0 Å². The highest BCUT2D eigenvalue weighted by Crippen LogP contribution is 2.38. The molecule has 0 aromatic carbocycles. The molecular weight excluding hydrogens is 340 g/mol. The molecule has 0 amide bonds. The van der Waals surface area contributed by atoms with Crippen LogP contribution in [0.15, 0.2) is 31.0 Å². The highest BCUT2D eigenvalue weighted by molar-refractivity contribution is 5.43. The van der Waals surface area contributed by atoms with Gasteiger partial charge in [-0.25, -0.2) is 14.6 Å². The Morgan fingerprint density at radius 2 is 2.00 bits per heavy atom. The maximum Gasteiger partial charge on any atom is 0.158 e. The van der Waals surface area contributed by atoms with E-state index in [1.807, 2.05) is 30.1 Å². The van der Waals surface area contributed by atoms with Gasteiger partial charge in [0.1, 0.15) is 12.1 Å². The van der Waals surface area contributed by atoms with Crippen molar-refractivity contribution in [3.05, 3.63) is 42.2 Å². The van der Waals surface area contributed by atoms with Crippen molar-refractivity contribution in [1.82, 2.24) is 34.7 Å². The Balaban J connectivity index is 1.28. The first kappa shape index (κ1) is 16.4. The molecule has 5 rings (SSSR count). The minimum atomic E-state index is 0.554. The molecule has 1 aliphatic carbocycles. The Kier molecular flexibility index (Phi) is 4.10. The first-order chi connectivity index (χ1) is 13.2. The first-order valence-corrected chi connectivity index (χ1v) is 9.73. The summed E-state index contributed by atoms with van der Waals surface area (Å²) in [7, 11) is 0. The van der Waals surface area contributed by atoms with E-state index in [4.69, 9.17) is 0 Å². The van der Waals surface area contributed by atoms with Crippen molar-refractivity contribution >= 4 is 5.82 Å². The van der Waals surface area contributed by atoms with E-state index in [0.29, 0.717) is 11.8 Å². The number of aryl methyl sites for hydroxylation is 1. The zero-order chi connectivity index (χ0) is 18.2. The van der Waals surface area contributed by atoms with Crippen molar-refractivity contribution in [3.8, 4) is 5.82 Å². The third-order valence-electron chi connectivity index (χ3n) is 5.42. The predicted molar refractivity (Wildman–Crippen MR) is 101 cm³/mol. The molecule has 8 nitrogen and oxygen atoms in total. The van der Waals surface area contributed by atoms with Crippen molar-refractivity contribution in [2.24, 2.45) is 5.92 Å². The van der Waals surface area contributed by atoms with Crippen LogP contribution in [0.2, 0.25) is 0 Å². The second-order valence-corrected chi connectivity index (χ2v) is 7.79. The number of aromatic nitrogens is 7. The summed E-state index contributed by atoms with van der Waals surface area (Å²) in [6, 6.07) is 2.02. The summed E-state index contributed by atoms with van der Waals surface area (Å²) in [5.74, 6) is 2.99. The van der Waals surface area contributed by atoms with Gasteiger partial charge < -0.3 is 4.90 Å². The van der Waals surface area contributed by atoms with Gasteiger partial charge in [-0.1, -0.05) is 5.21 Å². The van der Waals surface area contributed by atoms with Gasteiger partial charge >= 0.3 is 0 Å². The molecule has 3 aromatic heterocycles. The van der Waals surface area contributed by atoms with Crippen LogP contribution >= 0.6 is 0 Å². The second kappa shape index (κ2) is 6.75. The van der Waals surface area contributed by atoms with Crippen LogP contribution in [-0.2, 0) is 6.54 Å². The maximum atomic E-state index is 4.51. The minimum absolute atomic E-state index is 0.554. The lowest BCUT2D eigenvalue weighted by molar-refractivity contribution is 0.347. The molecule has 0 spiro atoms. The van der Waals surface area contributed by atoms with Crippen LogP contribution in [0.3, 0.4) is 0 Å². The summed E-state index contributed by atoms with van der Waals surface area (Å²) >= 11 is 0. The fourth-order valence-electron chi connectivity index (χ4n) is 3.83. The number of rotatable bonds is 5. The van der Waals surface area contributed by atoms with Crippen LogP contribution in [0.1, 0.15) is 42.9 Å². The van der Waals surface area contributed by atoms with Crippen molar-refractivity contribution in [3.63, 3.8) is 0 Å². The normalized spacial score (nSPS) is 20.2. The van der Waals surface area contributed by atoms with Crippen LogP contribution in [0.5, 0.6) is 0 Å². The lowest BCUT2D eigenvalue weighted by Crippen LogP contribution is -2.37. The van der Waals surface area contributed by atoms with Crippen LogP contribution in [0, 0.1) is 12.8 Å². The third kappa shape index (κ3) is 3.56. The zero-order valence-electron chi connectivity index (χ0n) is 15.6. The molecule has 0 N–H and O–H groups in total. The Morgan fingerprint density at radius 1 is 1.11 bits per heavy atom. The van der Waals surface area contributed by atoms with Crippen molar-refractivity contribution in [2.75, 3.05) is 18.0 Å². The Bertz CT molecular complexity index is 925. The monoisotopic (exact) mass is 364 g/mol. The number of hydrogen-bond donors (Lipinski definition) is 0. The molecule has 0 radical (unpaired) electrons. The van der Waals surface area contributed by atoms with Gasteiger partial charge in [-0.15, -0.1) is 5.10 Å². The first-order valence-electron chi connectivity index (χ1n) is 9.73. The summed E-state index contributed by atoms with van der Waals surface area (Å²) in [6.07, 6.45) is 12.5. The number of nitrogens with zero attached hydrogens (tertiary/aromatic N) is 8. The summed E-state index contributed by atoms with van der Waals surface area (Å²) < 4.78 is 3.83. The molecule has 4 heterocycles. The molecule has 3 aromatic rings. The van der Waals surface area contributed by atoms with E-state index in [0.717, 1.165) is 48.9 Å². The quantitative estimate of drug-likeness (QED) is 0.692. The van der Waals surface area contributed by atoms with Gasteiger partial charge in [0, 0.05) is 44.0 Å². The molecule has 2 fully saturated rings. The summed E-state index contributed by atoms with van der Waals surface area (Å²) in [5.41, 5.74) is 2.28. The molecule has 1 saturated heterocycles. The molecule has 2 aliphatic rings. The third-order valence-corrected chi connectivity index (χ3v) is 5.42. The van der Waals surface area contributed by atoms with E-state index in [2.05, 4.69) is 36.5 Å². The fourth-order valence-corrected chi connectivity index (χ4v) is 3.83. The van der Waals surface area contributed by atoms with Gasteiger partial charge in [-0.3, -0.25) is 4.68 Å². The van der Waals surface area contributed by atoms with Crippen LogP contribution in [0.25, 0.3) is 5.82 Å². The standard InChI is InChI=1S/C19H24N8/c1-14-8-22-27(9-14)19-7-18(20-13-21-19)25-6-2-3-15(10-25)11-26-12-17(23-24-26)16-4-5-16/h7-9,12-13,15-16H,2-6,10-11H2,1H3. The molecule has 1 atom stereocenters. The summed E-state index contributed by atoms with van der Waals surface area (Å²) in [5, 5.41) is 13.0. The number of anilines is 1. The van der Waals surface area contributed by atoms with Gasteiger partial charge in [0.2, 0.25) is 0 Å². The van der Waals surface area contributed by atoms with Gasteiger partial charge in [0.15, 0.2) is 5.82 Å². The number of hydrogen-bond acceptors (Lipinski definition) is 6. The van der Waals surface area contributed by atoms with E-state index < -0.39 is 0 Å². The molecular formula is C19H24N8. The second-order valence-electron chi connectivity index (χ2n) is 7.79. The Labute approximate surface area is 158 Å². The zero-order valence-corrected chi connectivity index (χ0v) is 15.6. The highest BCUT2D eigenvalue weighted by Gasteiger charge is 2.27. The largest absolute Gasteiger partial charge is 0.356 e. The van der Waals surface area contributed by atoms with Gasteiger partial charge in [0.05, 0.1) is 11.9 Å². The molecule has 1 saturated carbocycles. The van der Waals surface area contributed by atoms with Gasteiger partial charge in [-0.2, -0.15) is 5.10 Å². The predicted octanol–water partition coefficient (Wildman–Crippen LogP) is 2.36. The molecule has 140 valence electrons. The smallest absolute Gasteiger partial charge is 0.158 e. The molecule has 27 heavy (non-hydrogen) atoms. The number of piperidine rings is 1. The van der Waals surface area contributed by atoms with Crippen LogP contribution in [0.4, 0.5) is 5.82 Å². The van der Waals surface area contributed by atoms with Crippen molar-refractivity contribution in [1.29, 1.82) is 0 Å². The lowest BCUT2D eigenvalue weighted by atomic mass is 9.98. The SMILES string of the molecule is Cc1cnn(-c2cc(N3CCCC(Cn4cc(C5CC5)nn4)C3)ncn2)c1. The van der Waals surface area contributed by atoms with Crippen molar-refractivity contribution in [2.45, 2.75) is 45.1 Å². The molecule has 1 unspecified atom stereocenters. The molecule has 8 heteroatoms. The van der Waals surface area contributed by atoms with E-state index in [-0.39, 0.29) is 0 Å². The Morgan fingerprint density at radius 3 is 2.81 bits per heavy atom. The van der Waals surface area contributed by atoms with Crippen molar-refractivity contribution < 1.29 is 0 Å². The summed E-state index contributed by atoms with van der Waals surface area (Å²) in [4.78, 5) is 11.2. The molecule has 0 bridgehead atoms. The average Bonchev–Trinajstić information content (AvgIpc) is 3.29. The fraction of sp³-hybridized carbons (Fsp3) is 0.526. The van der Waals surface area contributed by atoms with E-state index in [1.54, 1.807) is 11.0 Å². The topological polar surface area (TPSA) is 77.5 Å². The van der Waals surface area contributed by atoms with Crippen LogP contribution in [-0.4, -0.2) is 47.8 Å². The van der Waals surface area contributed by atoms with Gasteiger partial charge in [-0.05, 0) is 44.1 Å². The lowest BCUT2D eigenvalue weighted by Gasteiger charge is -2.33. The van der Waals surface area contributed by atoms with E-state index >= 15 is 0 Å². The van der Waals surface area contributed by atoms with Crippen LogP contribution < -0.4 is 4.90 Å². The summed E-state index contributed by atoms with van der Waals surface area (Å²) in [6.45, 7) is 4.95. The molecule has 1 aliphatic heterocycles. The van der Waals surface area contributed by atoms with E-state index in [1.165, 1.54) is 19.3 Å². The Hall–Kier alpha value is -2.77. The minimum Gasteiger partial charge on any atom is -0.356 e. The van der Waals surface area contributed by atoms with Gasteiger partial charge in [0.25, 0.3) is 0 Å².